The van der Waals surface area contributed by atoms with Gasteiger partial charge in [0, 0.05) is 0 Å². The lowest BCUT2D eigenvalue weighted by molar-refractivity contribution is 0.462. The Morgan fingerprint density at radius 2 is 1.83 bits per heavy atom. The van der Waals surface area contributed by atoms with Crippen LogP contribution in [0.15, 0.2) is 18.2 Å². The number of aryl methyl sites for hydroxylation is 1. The van der Waals surface area contributed by atoms with Gasteiger partial charge in [-0.25, -0.2) is 0 Å². The fourth-order valence-corrected chi connectivity index (χ4v) is 1.76. The minimum atomic E-state index is 0. The second kappa shape index (κ2) is 3.81. The highest BCUT2D eigenvalue weighted by Gasteiger charge is 2.11. The van der Waals surface area contributed by atoms with Crippen LogP contribution in [-0.2, 0) is 12.8 Å². The molecule has 1 aromatic rings. The molecule has 0 heterocycles. The Labute approximate surface area is 78.8 Å². The van der Waals surface area contributed by atoms with Crippen molar-refractivity contribution in [3.8, 4) is 5.75 Å². The van der Waals surface area contributed by atoms with Crippen LogP contribution in [0.5, 0.6) is 5.75 Å². The Kier molecular flexibility index (Phi) is 2.99. The maximum atomic E-state index is 9.46. The lowest BCUT2D eigenvalue weighted by Crippen LogP contribution is -2.01. The van der Waals surface area contributed by atoms with Crippen molar-refractivity contribution < 1.29 is 5.11 Å². The Balaban J connectivity index is 0.000000720. The third-order valence-electron chi connectivity index (χ3n) is 2.37. The third kappa shape index (κ3) is 1.56. The number of phenols is 1. The molecule has 1 aliphatic carbocycles. The zero-order chi connectivity index (χ0) is 7.68. The second-order valence-electron chi connectivity index (χ2n) is 3.12. The molecule has 0 radical (unpaired) electrons. The predicted molar refractivity (Wildman–Crippen MR) is 52.0 cm³/mol. The van der Waals surface area contributed by atoms with E-state index in [1.165, 1.54) is 24.0 Å². The molecule has 0 amide bonds. The lowest BCUT2D eigenvalue weighted by Gasteiger charge is -2.15. The Morgan fingerprint density at radius 3 is 2.58 bits per heavy atom. The van der Waals surface area contributed by atoms with Crippen molar-refractivity contribution >= 4 is 12.4 Å². The van der Waals surface area contributed by atoms with Crippen LogP contribution in [0, 0.1) is 0 Å². The van der Waals surface area contributed by atoms with Crippen LogP contribution in [-0.4, -0.2) is 5.11 Å². The van der Waals surface area contributed by atoms with Crippen LogP contribution in [0.2, 0.25) is 0 Å². The van der Waals surface area contributed by atoms with E-state index in [1.807, 2.05) is 6.07 Å². The quantitative estimate of drug-likeness (QED) is 0.658. The number of phenolic OH excluding ortho intramolecular Hbond substituents is 1. The van der Waals surface area contributed by atoms with Gasteiger partial charge in [0.1, 0.15) is 5.75 Å². The van der Waals surface area contributed by atoms with Crippen LogP contribution in [0.3, 0.4) is 0 Å². The summed E-state index contributed by atoms with van der Waals surface area (Å²) in [5.74, 6) is 0.488. The van der Waals surface area contributed by atoms with Crippen LogP contribution in [0.25, 0.3) is 0 Å². The van der Waals surface area contributed by atoms with Gasteiger partial charge in [0.2, 0.25) is 0 Å². The van der Waals surface area contributed by atoms with E-state index >= 15 is 0 Å². The van der Waals surface area contributed by atoms with Crippen molar-refractivity contribution in [1.29, 1.82) is 0 Å². The fraction of sp³-hybridized carbons (Fsp3) is 0.400. The minimum Gasteiger partial charge on any atom is -0.508 e. The fourth-order valence-electron chi connectivity index (χ4n) is 1.76. The Morgan fingerprint density at radius 1 is 1.08 bits per heavy atom. The summed E-state index contributed by atoms with van der Waals surface area (Å²) < 4.78 is 0. The van der Waals surface area contributed by atoms with Crippen molar-refractivity contribution in [1.82, 2.24) is 0 Å². The average molecular weight is 185 g/mol. The smallest absolute Gasteiger partial charge is 0.119 e. The summed E-state index contributed by atoms with van der Waals surface area (Å²) in [5.41, 5.74) is 2.52. The first-order valence-corrected chi connectivity index (χ1v) is 4.17. The van der Waals surface area contributed by atoms with Gasteiger partial charge in [0.25, 0.3) is 0 Å². The third-order valence-corrected chi connectivity index (χ3v) is 2.37. The number of aromatic hydroxyl groups is 1. The van der Waals surface area contributed by atoms with Crippen LogP contribution in [0.1, 0.15) is 24.0 Å². The van der Waals surface area contributed by atoms with E-state index in [4.69, 9.17) is 0 Å². The summed E-state index contributed by atoms with van der Waals surface area (Å²) in [7, 11) is 0. The first-order chi connectivity index (χ1) is 5.38. The SMILES string of the molecule is Cl.Oc1cccc2c1CCCC2. The summed E-state index contributed by atoms with van der Waals surface area (Å²) in [6.07, 6.45) is 4.70. The molecule has 0 aromatic heterocycles. The molecule has 0 fully saturated rings. The molecular formula is C10H13ClO. The first-order valence-electron chi connectivity index (χ1n) is 4.17. The number of halogens is 1. The maximum absolute atomic E-state index is 9.46. The number of hydrogen-bond acceptors (Lipinski definition) is 1. The van der Waals surface area contributed by atoms with Crippen LogP contribution >= 0.6 is 12.4 Å². The molecule has 1 N–H and O–H groups in total. The van der Waals surface area contributed by atoms with E-state index in [2.05, 4.69) is 6.07 Å². The van der Waals surface area contributed by atoms with Crippen molar-refractivity contribution in [3.05, 3.63) is 29.3 Å². The van der Waals surface area contributed by atoms with E-state index in [1.54, 1.807) is 6.07 Å². The van der Waals surface area contributed by atoms with Crippen molar-refractivity contribution in [2.45, 2.75) is 25.7 Å². The van der Waals surface area contributed by atoms with Crippen LogP contribution < -0.4 is 0 Å². The summed E-state index contributed by atoms with van der Waals surface area (Å²) in [6.45, 7) is 0. The summed E-state index contributed by atoms with van der Waals surface area (Å²) in [5, 5.41) is 9.46. The van der Waals surface area contributed by atoms with E-state index in [-0.39, 0.29) is 12.4 Å². The molecule has 0 aliphatic heterocycles. The molecule has 2 heteroatoms. The van der Waals surface area contributed by atoms with Gasteiger partial charge in [0.05, 0.1) is 0 Å². The zero-order valence-corrected chi connectivity index (χ0v) is 7.73. The number of fused-ring (bicyclic) bond motifs is 1. The predicted octanol–water partition coefficient (Wildman–Crippen LogP) is 2.69. The first kappa shape index (κ1) is 9.40. The van der Waals surface area contributed by atoms with Gasteiger partial charge in [-0.3, -0.25) is 0 Å². The van der Waals surface area contributed by atoms with Gasteiger partial charge < -0.3 is 5.11 Å². The average Bonchev–Trinajstić information content (AvgIpc) is 2.06. The van der Waals surface area contributed by atoms with E-state index in [0.717, 1.165) is 12.8 Å². The molecule has 1 nitrogen and oxygen atoms in total. The summed E-state index contributed by atoms with van der Waals surface area (Å²) in [6, 6.07) is 5.83. The standard InChI is InChI=1S/C10H12O.ClH/c11-10-7-3-5-8-4-1-2-6-9(8)10;/h3,5,7,11H,1-2,4,6H2;1H. The van der Waals surface area contributed by atoms with Gasteiger partial charge in [-0.05, 0) is 42.9 Å². The molecular weight excluding hydrogens is 172 g/mol. The number of benzene rings is 1. The molecule has 66 valence electrons. The topological polar surface area (TPSA) is 20.2 Å². The molecule has 0 bridgehead atoms. The highest BCUT2D eigenvalue weighted by molar-refractivity contribution is 5.85. The number of hydrogen-bond donors (Lipinski definition) is 1. The maximum Gasteiger partial charge on any atom is 0.119 e. The van der Waals surface area contributed by atoms with Crippen molar-refractivity contribution in [2.24, 2.45) is 0 Å². The summed E-state index contributed by atoms with van der Waals surface area (Å²) >= 11 is 0. The van der Waals surface area contributed by atoms with E-state index in [0.29, 0.717) is 5.75 Å². The van der Waals surface area contributed by atoms with E-state index in [9.17, 15) is 5.11 Å². The summed E-state index contributed by atoms with van der Waals surface area (Å²) in [4.78, 5) is 0. The number of rotatable bonds is 0. The highest BCUT2D eigenvalue weighted by atomic mass is 35.5. The van der Waals surface area contributed by atoms with E-state index < -0.39 is 0 Å². The molecule has 1 aliphatic rings. The van der Waals surface area contributed by atoms with Gasteiger partial charge in [0.15, 0.2) is 0 Å². The Hall–Kier alpha value is -0.690. The molecule has 0 saturated carbocycles. The zero-order valence-electron chi connectivity index (χ0n) is 6.92. The van der Waals surface area contributed by atoms with Gasteiger partial charge in [-0.2, -0.15) is 0 Å². The molecule has 0 atom stereocenters. The van der Waals surface area contributed by atoms with Gasteiger partial charge >= 0.3 is 0 Å². The molecule has 1 aromatic carbocycles. The lowest BCUT2D eigenvalue weighted by atomic mass is 9.91. The molecule has 2 rings (SSSR count). The monoisotopic (exact) mass is 184 g/mol. The van der Waals surface area contributed by atoms with Gasteiger partial charge in [-0.1, -0.05) is 12.1 Å². The van der Waals surface area contributed by atoms with Gasteiger partial charge in [-0.15, -0.1) is 12.4 Å². The van der Waals surface area contributed by atoms with Crippen LogP contribution in [0.4, 0.5) is 0 Å². The van der Waals surface area contributed by atoms with Crippen molar-refractivity contribution in [2.75, 3.05) is 0 Å². The molecule has 0 spiro atoms. The minimum absolute atomic E-state index is 0. The molecule has 12 heavy (non-hydrogen) atoms. The molecule has 0 saturated heterocycles. The normalized spacial score (nSPS) is 14.7. The Bertz CT molecular complexity index is 271. The largest absolute Gasteiger partial charge is 0.508 e. The molecule has 0 unspecified atom stereocenters. The van der Waals surface area contributed by atoms with Crippen molar-refractivity contribution in [3.63, 3.8) is 0 Å². The highest BCUT2D eigenvalue weighted by Crippen LogP contribution is 2.27. The second-order valence-corrected chi connectivity index (χ2v) is 3.12.